The van der Waals surface area contributed by atoms with Gasteiger partial charge in [-0.15, -0.1) is 0 Å². The van der Waals surface area contributed by atoms with Gasteiger partial charge < -0.3 is 0 Å². The van der Waals surface area contributed by atoms with Crippen LogP contribution < -0.4 is 0 Å². The SMILES string of the molecule is CCCCCCCCCC(CCCCCCC)C(C)(C)C(C)(C)CC(CCCC)CCCCCC. The minimum Gasteiger partial charge on any atom is -0.0654 e. The van der Waals surface area contributed by atoms with Gasteiger partial charge in [-0.2, -0.15) is 0 Å². The third-order valence-corrected chi connectivity index (χ3v) is 9.81. The number of hydrogen-bond donors (Lipinski definition) is 0. The van der Waals surface area contributed by atoms with E-state index in [1.807, 2.05) is 0 Å². The van der Waals surface area contributed by atoms with Gasteiger partial charge in [0.2, 0.25) is 0 Å². The van der Waals surface area contributed by atoms with Gasteiger partial charge >= 0.3 is 0 Å². The predicted octanol–water partition coefficient (Wildman–Crippen LogP) is 13.3. The van der Waals surface area contributed by atoms with E-state index < -0.39 is 0 Å². The summed E-state index contributed by atoms with van der Waals surface area (Å²) >= 11 is 0. The molecular formula is C35H72. The van der Waals surface area contributed by atoms with E-state index in [9.17, 15) is 0 Å². The van der Waals surface area contributed by atoms with E-state index in [-0.39, 0.29) is 0 Å². The lowest BCUT2D eigenvalue weighted by Crippen LogP contribution is -2.40. The van der Waals surface area contributed by atoms with E-state index in [0.29, 0.717) is 10.8 Å². The molecule has 35 heavy (non-hydrogen) atoms. The summed E-state index contributed by atoms with van der Waals surface area (Å²) in [6, 6.07) is 0. The molecule has 0 bridgehead atoms. The third kappa shape index (κ3) is 16.5. The average molecular weight is 493 g/mol. The Bertz CT molecular complexity index is 431. The van der Waals surface area contributed by atoms with Crippen molar-refractivity contribution in [3.8, 4) is 0 Å². The Hall–Kier alpha value is 0. The third-order valence-electron chi connectivity index (χ3n) is 9.81. The van der Waals surface area contributed by atoms with Gasteiger partial charge in [-0.1, -0.05) is 184 Å². The molecule has 0 fully saturated rings. The molecule has 0 heterocycles. The molecule has 2 unspecified atom stereocenters. The predicted molar refractivity (Wildman–Crippen MR) is 163 cm³/mol. The second kappa shape index (κ2) is 22.0. The summed E-state index contributed by atoms with van der Waals surface area (Å²) in [5, 5.41) is 0. The van der Waals surface area contributed by atoms with Gasteiger partial charge in [0, 0.05) is 0 Å². The normalized spacial score (nSPS) is 14.4. The van der Waals surface area contributed by atoms with E-state index in [2.05, 4.69) is 55.4 Å². The van der Waals surface area contributed by atoms with Crippen LogP contribution in [0.3, 0.4) is 0 Å². The maximum Gasteiger partial charge on any atom is -0.0275 e. The van der Waals surface area contributed by atoms with Crippen LogP contribution in [0.5, 0.6) is 0 Å². The first-order valence-electron chi connectivity index (χ1n) is 16.8. The maximum atomic E-state index is 2.67. The quantitative estimate of drug-likeness (QED) is 0.105. The summed E-state index contributed by atoms with van der Waals surface area (Å²) in [4.78, 5) is 0. The zero-order valence-corrected chi connectivity index (χ0v) is 26.4. The molecule has 0 nitrogen and oxygen atoms in total. The van der Waals surface area contributed by atoms with Crippen molar-refractivity contribution in [2.45, 2.75) is 203 Å². The summed E-state index contributed by atoms with van der Waals surface area (Å²) in [6.07, 6.45) is 33.0. The van der Waals surface area contributed by atoms with Crippen molar-refractivity contribution >= 4 is 0 Å². The highest BCUT2D eigenvalue weighted by atomic mass is 14.5. The Morgan fingerprint density at radius 2 is 0.743 bits per heavy atom. The highest BCUT2D eigenvalue weighted by Gasteiger charge is 2.43. The monoisotopic (exact) mass is 493 g/mol. The molecule has 0 aliphatic carbocycles. The van der Waals surface area contributed by atoms with Crippen molar-refractivity contribution in [2.75, 3.05) is 0 Å². The molecular weight excluding hydrogens is 420 g/mol. The van der Waals surface area contributed by atoms with Crippen LogP contribution in [0.2, 0.25) is 0 Å². The Labute approximate surface area is 225 Å². The van der Waals surface area contributed by atoms with Gasteiger partial charge in [0.15, 0.2) is 0 Å². The largest absolute Gasteiger partial charge is 0.0654 e. The zero-order chi connectivity index (χ0) is 26.4. The Kier molecular flexibility index (Phi) is 22.0. The molecule has 0 aromatic carbocycles. The van der Waals surface area contributed by atoms with Crippen molar-refractivity contribution in [3.05, 3.63) is 0 Å². The highest BCUT2D eigenvalue weighted by molar-refractivity contribution is 4.92. The fourth-order valence-corrected chi connectivity index (χ4v) is 6.45. The lowest BCUT2D eigenvalue weighted by molar-refractivity contribution is 0.00456. The molecule has 0 aromatic rings. The topological polar surface area (TPSA) is 0 Å². The summed E-state index contributed by atoms with van der Waals surface area (Å²) < 4.78 is 0. The van der Waals surface area contributed by atoms with E-state index in [1.165, 1.54) is 148 Å². The smallest absolute Gasteiger partial charge is 0.0275 e. The molecule has 0 aliphatic rings. The van der Waals surface area contributed by atoms with Gasteiger partial charge in [-0.05, 0) is 41.9 Å². The first-order valence-corrected chi connectivity index (χ1v) is 16.8. The van der Waals surface area contributed by atoms with Gasteiger partial charge in [0.05, 0.1) is 0 Å². The molecule has 0 rings (SSSR count). The van der Waals surface area contributed by atoms with Crippen LogP contribution in [0.1, 0.15) is 203 Å². The van der Waals surface area contributed by atoms with Crippen LogP contribution in [-0.2, 0) is 0 Å². The molecule has 0 heteroatoms. The fourth-order valence-electron chi connectivity index (χ4n) is 6.45. The number of rotatable bonds is 26. The van der Waals surface area contributed by atoms with Gasteiger partial charge in [-0.3, -0.25) is 0 Å². The Morgan fingerprint density at radius 3 is 1.20 bits per heavy atom. The molecule has 0 N–H and O–H groups in total. The van der Waals surface area contributed by atoms with Crippen LogP contribution >= 0.6 is 0 Å². The highest BCUT2D eigenvalue weighted by Crippen LogP contribution is 2.52. The summed E-state index contributed by atoms with van der Waals surface area (Å²) in [6.45, 7) is 20.0. The van der Waals surface area contributed by atoms with Crippen LogP contribution in [0.25, 0.3) is 0 Å². The lowest BCUT2D eigenvalue weighted by atomic mass is 9.56. The van der Waals surface area contributed by atoms with Crippen molar-refractivity contribution in [3.63, 3.8) is 0 Å². The molecule has 0 saturated carbocycles. The standard InChI is InChI=1S/C35H72/c1-9-13-17-20-21-23-26-30-33(29-25-22-18-14-10-2)35(7,8)34(5,6)31-32(27-16-12-4)28-24-19-15-11-3/h32-33H,9-31H2,1-8H3. The second-order valence-corrected chi connectivity index (χ2v) is 13.5. The van der Waals surface area contributed by atoms with Crippen molar-refractivity contribution < 1.29 is 0 Å². The lowest BCUT2D eigenvalue weighted by Gasteiger charge is -2.49. The fraction of sp³-hybridized carbons (Fsp3) is 1.00. The molecule has 2 atom stereocenters. The van der Waals surface area contributed by atoms with E-state index in [4.69, 9.17) is 0 Å². The zero-order valence-electron chi connectivity index (χ0n) is 26.4. The second-order valence-electron chi connectivity index (χ2n) is 13.5. The molecule has 0 aliphatic heterocycles. The summed E-state index contributed by atoms with van der Waals surface area (Å²) in [5.41, 5.74) is 0.846. The van der Waals surface area contributed by atoms with E-state index in [1.54, 1.807) is 0 Å². The van der Waals surface area contributed by atoms with Crippen molar-refractivity contribution in [2.24, 2.45) is 22.7 Å². The molecule has 0 radical (unpaired) electrons. The minimum atomic E-state index is 0.422. The van der Waals surface area contributed by atoms with Gasteiger partial charge in [0.1, 0.15) is 0 Å². The van der Waals surface area contributed by atoms with E-state index in [0.717, 1.165) is 11.8 Å². The molecule has 0 saturated heterocycles. The first kappa shape index (κ1) is 35.0. The maximum absolute atomic E-state index is 2.67. The summed E-state index contributed by atoms with van der Waals surface area (Å²) in [7, 11) is 0. The van der Waals surface area contributed by atoms with Crippen LogP contribution in [0.4, 0.5) is 0 Å². The van der Waals surface area contributed by atoms with Crippen LogP contribution in [0.15, 0.2) is 0 Å². The number of hydrogen-bond acceptors (Lipinski definition) is 0. The summed E-state index contributed by atoms with van der Waals surface area (Å²) in [5.74, 6) is 1.83. The average Bonchev–Trinajstić information content (AvgIpc) is 2.82. The Balaban J connectivity index is 5.12. The molecule has 212 valence electrons. The number of unbranched alkanes of at least 4 members (excludes halogenated alkanes) is 14. The van der Waals surface area contributed by atoms with E-state index >= 15 is 0 Å². The Morgan fingerprint density at radius 1 is 0.400 bits per heavy atom. The molecule has 0 amide bonds. The first-order chi connectivity index (χ1) is 16.8. The van der Waals surface area contributed by atoms with Crippen LogP contribution in [0, 0.1) is 22.7 Å². The van der Waals surface area contributed by atoms with Gasteiger partial charge in [-0.25, -0.2) is 0 Å². The van der Waals surface area contributed by atoms with Crippen molar-refractivity contribution in [1.82, 2.24) is 0 Å². The molecule has 0 spiro atoms. The minimum absolute atomic E-state index is 0.422. The van der Waals surface area contributed by atoms with Crippen molar-refractivity contribution in [1.29, 1.82) is 0 Å². The van der Waals surface area contributed by atoms with Gasteiger partial charge in [0.25, 0.3) is 0 Å². The van der Waals surface area contributed by atoms with Crippen LogP contribution in [-0.4, -0.2) is 0 Å². The molecule has 0 aromatic heterocycles.